The number of carbonyl (C=O) groups is 2. The van der Waals surface area contributed by atoms with Gasteiger partial charge in [0.1, 0.15) is 0 Å². The SMILES string of the molecule is COC(=O)CCCCCCCCCCCC(C(=O)OC)S(=O)(=O)O. The molecular formula is C16H30O7S. The van der Waals surface area contributed by atoms with Crippen molar-refractivity contribution in [1.82, 2.24) is 0 Å². The topological polar surface area (TPSA) is 107 Å². The summed E-state index contributed by atoms with van der Waals surface area (Å²) in [5.74, 6) is -1.07. The van der Waals surface area contributed by atoms with Crippen molar-refractivity contribution in [3.63, 3.8) is 0 Å². The Morgan fingerprint density at radius 2 is 1.29 bits per heavy atom. The molecule has 0 rings (SSSR count). The highest BCUT2D eigenvalue weighted by Crippen LogP contribution is 2.15. The molecule has 0 spiro atoms. The first-order valence-corrected chi connectivity index (χ1v) is 9.94. The molecule has 7 nitrogen and oxygen atoms in total. The zero-order chi connectivity index (χ0) is 18.4. The van der Waals surface area contributed by atoms with Crippen LogP contribution in [0.1, 0.15) is 70.6 Å². The Morgan fingerprint density at radius 3 is 1.71 bits per heavy atom. The molecule has 142 valence electrons. The lowest BCUT2D eigenvalue weighted by Gasteiger charge is -2.11. The predicted octanol–water partition coefficient (Wildman–Crippen LogP) is 2.88. The standard InChI is InChI=1S/C16H30O7S/c1-22-15(17)13-11-9-7-5-3-4-6-8-10-12-14(16(18)23-2)24(19,20)21/h14H,3-13H2,1-2H3,(H,19,20,21). The van der Waals surface area contributed by atoms with E-state index < -0.39 is 21.3 Å². The fourth-order valence-corrected chi connectivity index (χ4v) is 3.26. The van der Waals surface area contributed by atoms with E-state index >= 15 is 0 Å². The summed E-state index contributed by atoms with van der Waals surface area (Å²) < 4.78 is 40.2. The van der Waals surface area contributed by atoms with E-state index in [1.165, 1.54) is 7.11 Å². The molecule has 0 aliphatic heterocycles. The normalized spacial score (nSPS) is 12.6. The summed E-state index contributed by atoms with van der Waals surface area (Å²) in [6, 6.07) is 0. The number of hydrogen-bond donors (Lipinski definition) is 1. The Morgan fingerprint density at radius 1 is 0.833 bits per heavy atom. The summed E-state index contributed by atoms with van der Waals surface area (Å²) in [6.45, 7) is 0. The predicted molar refractivity (Wildman–Crippen MR) is 90.2 cm³/mol. The van der Waals surface area contributed by atoms with E-state index in [0.717, 1.165) is 58.5 Å². The van der Waals surface area contributed by atoms with Gasteiger partial charge in [0.15, 0.2) is 5.25 Å². The van der Waals surface area contributed by atoms with E-state index in [2.05, 4.69) is 9.47 Å². The van der Waals surface area contributed by atoms with Crippen molar-refractivity contribution in [1.29, 1.82) is 0 Å². The van der Waals surface area contributed by atoms with Crippen LogP contribution in [0.25, 0.3) is 0 Å². The van der Waals surface area contributed by atoms with Crippen LogP contribution in [-0.4, -0.2) is 44.4 Å². The maximum atomic E-state index is 11.3. The molecule has 0 aromatic carbocycles. The minimum absolute atomic E-state index is 0.0824. The summed E-state index contributed by atoms with van der Waals surface area (Å²) in [4.78, 5) is 22.2. The Labute approximate surface area is 144 Å². The third kappa shape index (κ3) is 11.4. The molecule has 0 amide bonds. The van der Waals surface area contributed by atoms with Crippen molar-refractivity contribution in [3.05, 3.63) is 0 Å². The van der Waals surface area contributed by atoms with Crippen LogP contribution in [0.5, 0.6) is 0 Å². The average molecular weight is 366 g/mol. The van der Waals surface area contributed by atoms with Gasteiger partial charge in [-0.3, -0.25) is 14.1 Å². The molecule has 1 atom stereocenters. The smallest absolute Gasteiger partial charge is 0.326 e. The zero-order valence-electron chi connectivity index (χ0n) is 14.7. The molecule has 0 fully saturated rings. The number of methoxy groups -OCH3 is 2. The molecule has 24 heavy (non-hydrogen) atoms. The molecule has 8 heteroatoms. The van der Waals surface area contributed by atoms with Gasteiger partial charge in [-0.25, -0.2) is 0 Å². The number of hydrogen-bond acceptors (Lipinski definition) is 6. The second-order valence-electron chi connectivity index (χ2n) is 5.82. The minimum Gasteiger partial charge on any atom is -0.469 e. The first-order chi connectivity index (χ1) is 11.3. The van der Waals surface area contributed by atoms with Gasteiger partial charge in [0.05, 0.1) is 14.2 Å². The lowest BCUT2D eigenvalue weighted by Crippen LogP contribution is -2.30. The molecule has 1 N–H and O–H groups in total. The van der Waals surface area contributed by atoms with Crippen molar-refractivity contribution >= 4 is 22.1 Å². The van der Waals surface area contributed by atoms with Gasteiger partial charge in [-0.05, 0) is 12.8 Å². The van der Waals surface area contributed by atoms with Gasteiger partial charge in [0, 0.05) is 6.42 Å². The van der Waals surface area contributed by atoms with E-state index in [0.29, 0.717) is 12.8 Å². The number of carbonyl (C=O) groups excluding carboxylic acids is 2. The van der Waals surface area contributed by atoms with Crippen LogP contribution in [0.3, 0.4) is 0 Å². The van der Waals surface area contributed by atoms with Crippen LogP contribution in [0.4, 0.5) is 0 Å². The van der Waals surface area contributed by atoms with Crippen LogP contribution in [0.15, 0.2) is 0 Å². The summed E-state index contributed by atoms with van der Waals surface area (Å²) in [5.41, 5.74) is 0. The lowest BCUT2D eigenvalue weighted by atomic mass is 10.1. The molecule has 0 heterocycles. The van der Waals surface area contributed by atoms with Crippen molar-refractivity contribution in [2.24, 2.45) is 0 Å². The molecule has 0 bridgehead atoms. The fourth-order valence-electron chi connectivity index (χ4n) is 2.46. The van der Waals surface area contributed by atoms with Crippen LogP contribution in [0, 0.1) is 0 Å². The van der Waals surface area contributed by atoms with Crippen LogP contribution >= 0.6 is 0 Å². The van der Waals surface area contributed by atoms with E-state index in [1.807, 2.05) is 0 Å². The van der Waals surface area contributed by atoms with Crippen molar-refractivity contribution < 1.29 is 32.0 Å². The number of ether oxygens (including phenoxy) is 2. The van der Waals surface area contributed by atoms with Crippen molar-refractivity contribution in [2.45, 2.75) is 75.9 Å². The van der Waals surface area contributed by atoms with Crippen LogP contribution in [0.2, 0.25) is 0 Å². The molecule has 1 unspecified atom stereocenters. The summed E-state index contributed by atoms with van der Waals surface area (Å²) in [6.07, 6.45) is 9.10. The monoisotopic (exact) mass is 366 g/mol. The largest absolute Gasteiger partial charge is 0.469 e. The maximum absolute atomic E-state index is 11.3. The molecule has 0 saturated heterocycles. The Hall–Kier alpha value is -1.15. The highest BCUT2D eigenvalue weighted by Gasteiger charge is 2.31. The van der Waals surface area contributed by atoms with Crippen LogP contribution < -0.4 is 0 Å². The Balaban J connectivity index is 3.59. The molecule has 0 radical (unpaired) electrons. The summed E-state index contributed by atoms with van der Waals surface area (Å²) in [7, 11) is -1.90. The highest BCUT2D eigenvalue weighted by molar-refractivity contribution is 7.87. The van der Waals surface area contributed by atoms with Gasteiger partial charge in [-0.15, -0.1) is 0 Å². The quantitative estimate of drug-likeness (QED) is 0.286. The van der Waals surface area contributed by atoms with Crippen molar-refractivity contribution in [3.8, 4) is 0 Å². The van der Waals surface area contributed by atoms with Gasteiger partial charge in [-0.2, -0.15) is 8.42 Å². The van der Waals surface area contributed by atoms with E-state index in [9.17, 15) is 18.0 Å². The van der Waals surface area contributed by atoms with Gasteiger partial charge >= 0.3 is 11.9 Å². The highest BCUT2D eigenvalue weighted by atomic mass is 32.2. The van der Waals surface area contributed by atoms with Gasteiger partial charge < -0.3 is 9.47 Å². The van der Waals surface area contributed by atoms with Gasteiger partial charge in [-0.1, -0.05) is 51.4 Å². The second-order valence-corrected chi connectivity index (χ2v) is 7.42. The molecular weight excluding hydrogens is 336 g/mol. The number of rotatable bonds is 14. The zero-order valence-corrected chi connectivity index (χ0v) is 15.5. The third-order valence-electron chi connectivity index (χ3n) is 3.90. The van der Waals surface area contributed by atoms with Gasteiger partial charge in [0.25, 0.3) is 10.1 Å². The first-order valence-electron chi connectivity index (χ1n) is 8.44. The lowest BCUT2D eigenvalue weighted by molar-refractivity contribution is -0.141. The van der Waals surface area contributed by atoms with Crippen LogP contribution in [-0.2, 0) is 29.2 Å². The van der Waals surface area contributed by atoms with E-state index in [1.54, 1.807) is 0 Å². The molecule has 0 aliphatic carbocycles. The molecule has 0 aliphatic rings. The van der Waals surface area contributed by atoms with Gasteiger partial charge in [0.2, 0.25) is 0 Å². The molecule has 0 aromatic rings. The van der Waals surface area contributed by atoms with Crippen molar-refractivity contribution in [2.75, 3.05) is 14.2 Å². The first kappa shape index (κ1) is 22.9. The Bertz CT molecular complexity index is 459. The maximum Gasteiger partial charge on any atom is 0.326 e. The minimum atomic E-state index is -4.40. The Kier molecular flexibility index (Phi) is 12.5. The third-order valence-corrected chi connectivity index (χ3v) is 5.05. The number of unbranched alkanes of at least 4 members (excludes halogenated alkanes) is 8. The number of esters is 2. The summed E-state index contributed by atoms with van der Waals surface area (Å²) in [5, 5.41) is -1.47. The second kappa shape index (κ2) is 13.2. The average Bonchev–Trinajstić information content (AvgIpc) is 2.53. The molecule has 0 saturated carbocycles. The van der Waals surface area contributed by atoms with E-state index in [4.69, 9.17) is 4.55 Å². The molecule has 0 aromatic heterocycles. The fraction of sp³-hybridized carbons (Fsp3) is 0.875. The van der Waals surface area contributed by atoms with E-state index in [-0.39, 0.29) is 12.4 Å². The summed E-state index contributed by atoms with van der Waals surface area (Å²) >= 11 is 0.